The van der Waals surface area contributed by atoms with Crippen LogP contribution in [0.3, 0.4) is 0 Å². The Labute approximate surface area is 191 Å². The van der Waals surface area contributed by atoms with Gasteiger partial charge in [-0.05, 0) is 42.8 Å². The van der Waals surface area contributed by atoms with Gasteiger partial charge in [0.05, 0.1) is 29.9 Å². The monoisotopic (exact) mass is 443 g/mol. The summed E-state index contributed by atoms with van der Waals surface area (Å²) in [6, 6.07) is 21.5. The van der Waals surface area contributed by atoms with Gasteiger partial charge >= 0.3 is 5.97 Å². The number of aryl methyl sites for hydroxylation is 1. The molecule has 4 aromatic rings. The Bertz CT molecular complexity index is 1330. The lowest BCUT2D eigenvalue weighted by Crippen LogP contribution is -2.29. The first-order valence-corrected chi connectivity index (χ1v) is 10.5. The summed E-state index contributed by atoms with van der Waals surface area (Å²) in [6.07, 6.45) is 0. The van der Waals surface area contributed by atoms with Gasteiger partial charge in [-0.3, -0.25) is 4.79 Å². The van der Waals surface area contributed by atoms with E-state index in [9.17, 15) is 9.59 Å². The summed E-state index contributed by atoms with van der Waals surface area (Å²) >= 11 is 0. The molecule has 7 nitrogen and oxygen atoms in total. The number of hydrogen-bond donors (Lipinski definition) is 3. The Balaban J connectivity index is 1.68. The van der Waals surface area contributed by atoms with Crippen molar-refractivity contribution < 1.29 is 19.4 Å². The molecule has 1 heterocycles. The molecule has 1 aromatic heterocycles. The van der Waals surface area contributed by atoms with Crippen LogP contribution in [0.25, 0.3) is 10.9 Å². The average Bonchev–Trinajstić information content (AvgIpc) is 3.10. The van der Waals surface area contributed by atoms with Gasteiger partial charge < -0.3 is 25.0 Å². The molecule has 0 saturated carbocycles. The van der Waals surface area contributed by atoms with E-state index in [0.29, 0.717) is 17.1 Å². The summed E-state index contributed by atoms with van der Waals surface area (Å²) in [4.78, 5) is 24.5. The minimum absolute atomic E-state index is 0.204. The normalized spacial score (nSPS) is 11.7. The van der Waals surface area contributed by atoms with Crippen LogP contribution in [-0.4, -0.2) is 28.7 Å². The number of anilines is 2. The molecule has 33 heavy (non-hydrogen) atoms. The number of fused-ring (bicyclic) bond motifs is 1. The van der Waals surface area contributed by atoms with Gasteiger partial charge in [-0.25, -0.2) is 4.79 Å². The predicted molar refractivity (Wildman–Crippen MR) is 128 cm³/mol. The molecule has 0 fully saturated rings. The lowest BCUT2D eigenvalue weighted by molar-refractivity contribution is 0.0696. The molecule has 7 heteroatoms. The topological polar surface area (TPSA) is 92.6 Å². The van der Waals surface area contributed by atoms with Gasteiger partial charge in [0.1, 0.15) is 11.4 Å². The third-order valence-corrected chi connectivity index (χ3v) is 5.67. The number of aromatic nitrogens is 1. The average molecular weight is 444 g/mol. The number of para-hydroxylation sites is 1. The fourth-order valence-corrected chi connectivity index (χ4v) is 3.89. The summed E-state index contributed by atoms with van der Waals surface area (Å²) in [5.74, 6) is -0.513. The van der Waals surface area contributed by atoms with Crippen LogP contribution in [0.2, 0.25) is 0 Å². The van der Waals surface area contributed by atoms with Crippen molar-refractivity contribution in [1.82, 2.24) is 9.88 Å². The summed E-state index contributed by atoms with van der Waals surface area (Å²) in [6.45, 7) is 1.87. The third kappa shape index (κ3) is 4.39. The lowest BCUT2D eigenvalue weighted by Gasteiger charge is -2.17. The van der Waals surface area contributed by atoms with Gasteiger partial charge in [0.15, 0.2) is 0 Å². The molecule has 3 N–H and O–H groups in total. The second-order valence-corrected chi connectivity index (χ2v) is 7.78. The van der Waals surface area contributed by atoms with Crippen molar-refractivity contribution in [2.45, 2.75) is 13.0 Å². The lowest BCUT2D eigenvalue weighted by atomic mass is 10.1. The smallest absolute Gasteiger partial charge is 0.335 e. The fourth-order valence-electron chi connectivity index (χ4n) is 3.89. The Morgan fingerprint density at radius 3 is 2.42 bits per heavy atom. The van der Waals surface area contributed by atoms with Crippen molar-refractivity contribution in [1.29, 1.82) is 0 Å². The highest BCUT2D eigenvalue weighted by molar-refractivity contribution is 6.09. The largest absolute Gasteiger partial charge is 0.497 e. The van der Waals surface area contributed by atoms with E-state index in [2.05, 4.69) is 10.6 Å². The van der Waals surface area contributed by atoms with Gasteiger partial charge in [-0.15, -0.1) is 0 Å². The van der Waals surface area contributed by atoms with E-state index < -0.39 is 5.97 Å². The zero-order valence-corrected chi connectivity index (χ0v) is 18.6. The van der Waals surface area contributed by atoms with Crippen LogP contribution in [0.1, 0.15) is 39.4 Å². The SMILES string of the molecule is COc1cccc(Nc2c(C(=O)N[C@@H](C)c3ccc(C(=O)O)cc3)n(C)c3ccccc23)c1. The number of rotatable bonds is 7. The van der Waals surface area contributed by atoms with E-state index in [1.54, 1.807) is 19.2 Å². The summed E-state index contributed by atoms with van der Waals surface area (Å²) in [5.41, 5.74) is 3.94. The number of carbonyl (C=O) groups excluding carboxylic acids is 1. The van der Waals surface area contributed by atoms with Crippen molar-refractivity contribution in [3.63, 3.8) is 0 Å². The molecule has 0 saturated heterocycles. The number of nitrogens with one attached hydrogen (secondary N) is 2. The molecule has 0 aliphatic heterocycles. The molecule has 1 atom stereocenters. The van der Waals surface area contributed by atoms with E-state index in [4.69, 9.17) is 9.84 Å². The van der Waals surface area contributed by atoms with Gasteiger partial charge in [-0.2, -0.15) is 0 Å². The minimum Gasteiger partial charge on any atom is -0.497 e. The van der Waals surface area contributed by atoms with Gasteiger partial charge in [0.25, 0.3) is 5.91 Å². The molecule has 0 bridgehead atoms. The van der Waals surface area contributed by atoms with Crippen molar-refractivity contribution in [3.8, 4) is 5.75 Å². The first kappa shape index (κ1) is 22.0. The number of carboxylic acid groups (broad SMARTS) is 1. The maximum Gasteiger partial charge on any atom is 0.335 e. The zero-order valence-electron chi connectivity index (χ0n) is 18.6. The molecule has 3 aromatic carbocycles. The Kier molecular flexibility index (Phi) is 6.04. The highest BCUT2D eigenvalue weighted by Gasteiger charge is 2.23. The Morgan fingerprint density at radius 2 is 1.73 bits per heavy atom. The number of hydrogen-bond acceptors (Lipinski definition) is 4. The number of nitrogens with zero attached hydrogens (tertiary/aromatic N) is 1. The molecule has 0 spiro atoms. The molecule has 1 amide bonds. The molecule has 0 aliphatic carbocycles. The van der Waals surface area contributed by atoms with E-state index in [1.807, 2.05) is 67.1 Å². The maximum atomic E-state index is 13.4. The first-order valence-electron chi connectivity index (χ1n) is 10.5. The number of methoxy groups -OCH3 is 1. The zero-order chi connectivity index (χ0) is 23.5. The van der Waals surface area contributed by atoms with Crippen molar-refractivity contribution in [2.75, 3.05) is 12.4 Å². The maximum absolute atomic E-state index is 13.4. The molecular weight excluding hydrogens is 418 g/mol. The highest BCUT2D eigenvalue weighted by atomic mass is 16.5. The number of carboxylic acids is 1. The first-order chi connectivity index (χ1) is 15.9. The van der Waals surface area contributed by atoms with Crippen LogP contribution >= 0.6 is 0 Å². The van der Waals surface area contributed by atoms with E-state index >= 15 is 0 Å². The molecule has 168 valence electrons. The number of benzene rings is 3. The number of ether oxygens (including phenoxy) is 1. The van der Waals surface area contributed by atoms with Crippen LogP contribution in [0, 0.1) is 0 Å². The van der Waals surface area contributed by atoms with Crippen LogP contribution in [0.5, 0.6) is 5.75 Å². The fraction of sp³-hybridized carbons (Fsp3) is 0.154. The predicted octanol–water partition coefficient (Wildman–Crippen LogP) is 5.12. The van der Waals surface area contributed by atoms with Crippen molar-refractivity contribution in [3.05, 3.63) is 89.6 Å². The van der Waals surface area contributed by atoms with Crippen molar-refractivity contribution in [2.24, 2.45) is 7.05 Å². The molecule has 0 aliphatic rings. The van der Waals surface area contributed by atoms with Gasteiger partial charge in [0, 0.05) is 24.2 Å². The minimum atomic E-state index is -0.984. The van der Waals surface area contributed by atoms with E-state index in [1.165, 1.54) is 12.1 Å². The second-order valence-electron chi connectivity index (χ2n) is 7.78. The third-order valence-electron chi connectivity index (χ3n) is 5.67. The van der Waals surface area contributed by atoms with Gasteiger partial charge in [0.2, 0.25) is 0 Å². The number of amides is 1. The summed E-state index contributed by atoms with van der Waals surface area (Å²) in [5, 5.41) is 16.5. The molecular formula is C26H25N3O4. The van der Waals surface area contributed by atoms with Crippen LogP contribution in [-0.2, 0) is 7.05 Å². The quantitative estimate of drug-likeness (QED) is 0.369. The summed E-state index contributed by atoms with van der Waals surface area (Å²) in [7, 11) is 3.47. The van der Waals surface area contributed by atoms with Crippen LogP contribution < -0.4 is 15.4 Å². The van der Waals surface area contributed by atoms with Crippen LogP contribution in [0.4, 0.5) is 11.4 Å². The van der Waals surface area contributed by atoms with Crippen LogP contribution in [0.15, 0.2) is 72.8 Å². The second kappa shape index (κ2) is 9.08. The van der Waals surface area contributed by atoms with E-state index in [0.717, 1.165) is 22.2 Å². The molecule has 0 unspecified atom stereocenters. The number of carbonyl (C=O) groups is 2. The highest BCUT2D eigenvalue weighted by Crippen LogP contribution is 2.34. The van der Waals surface area contributed by atoms with E-state index in [-0.39, 0.29) is 17.5 Å². The van der Waals surface area contributed by atoms with Crippen molar-refractivity contribution >= 4 is 34.2 Å². The standard InChI is InChI=1S/C26H25N3O4/c1-16(17-11-13-18(14-12-17)26(31)32)27-25(30)24-23(21-9-4-5-10-22(21)29(24)2)28-19-7-6-8-20(15-19)33-3/h4-16,28H,1-3H3,(H,27,30)(H,31,32)/t16-/m0/s1. The molecule has 0 radical (unpaired) electrons. The number of aromatic carboxylic acids is 1. The Hall–Kier alpha value is -4.26. The van der Waals surface area contributed by atoms with Gasteiger partial charge in [-0.1, -0.05) is 36.4 Å². The Morgan fingerprint density at radius 1 is 1.00 bits per heavy atom. The summed E-state index contributed by atoms with van der Waals surface area (Å²) < 4.78 is 7.19. The molecule has 4 rings (SSSR count).